The third-order valence-corrected chi connectivity index (χ3v) is 6.42. The van der Waals surface area contributed by atoms with Gasteiger partial charge in [-0.2, -0.15) is 0 Å². The van der Waals surface area contributed by atoms with E-state index >= 15 is 0 Å². The fourth-order valence-corrected chi connectivity index (χ4v) is 5.16. The number of ether oxygens (including phenoxy) is 2. The molecule has 1 aliphatic rings. The molecule has 1 heterocycles. The predicted molar refractivity (Wildman–Crippen MR) is 105 cm³/mol. The smallest absolute Gasteiger partial charge is 0.241 e. The molecule has 134 valence electrons. The third-order valence-electron chi connectivity index (χ3n) is 4.11. The van der Waals surface area contributed by atoms with Gasteiger partial charge in [0.15, 0.2) is 0 Å². The van der Waals surface area contributed by atoms with Crippen LogP contribution in [-0.2, 0) is 10.0 Å². The third kappa shape index (κ3) is 3.93. The first-order chi connectivity index (χ1) is 11.7. The van der Waals surface area contributed by atoms with Gasteiger partial charge in [0.2, 0.25) is 10.0 Å². The summed E-state index contributed by atoms with van der Waals surface area (Å²) in [5.74, 6) is 1.37. The predicted octanol–water partition coefficient (Wildman–Crippen LogP) is 3.88. The largest absolute Gasteiger partial charge is 0.496 e. The van der Waals surface area contributed by atoms with E-state index in [1.165, 1.54) is 0 Å². The van der Waals surface area contributed by atoms with Crippen molar-refractivity contribution in [1.82, 2.24) is 4.72 Å². The van der Waals surface area contributed by atoms with Crippen LogP contribution in [0.15, 0.2) is 47.4 Å². The Morgan fingerprint density at radius 3 is 2.64 bits per heavy atom. The Morgan fingerprint density at radius 1 is 1.24 bits per heavy atom. The summed E-state index contributed by atoms with van der Waals surface area (Å²) in [5, 5.41) is 0. The lowest BCUT2D eigenvalue weighted by Gasteiger charge is -2.37. The van der Waals surface area contributed by atoms with Crippen molar-refractivity contribution in [3.63, 3.8) is 0 Å². The van der Waals surface area contributed by atoms with Crippen LogP contribution in [0.4, 0.5) is 0 Å². The van der Waals surface area contributed by atoms with Gasteiger partial charge in [-0.3, -0.25) is 0 Å². The van der Waals surface area contributed by atoms with Gasteiger partial charge in [0.25, 0.3) is 0 Å². The molecule has 0 saturated heterocycles. The summed E-state index contributed by atoms with van der Waals surface area (Å²) in [6, 6.07) is 12.0. The molecule has 0 unspecified atom stereocenters. The summed E-state index contributed by atoms with van der Waals surface area (Å²) < 4.78 is 40.5. The number of nitrogens with one attached hydrogen (secondary N) is 1. The molecule has 0 saturated carbocycles. The van der Waals surface area contributed by atoms with E-state index in [0.717, 1.165) is 14.9 Å². The zero-order valence-electron chi connectivity index (χ0n) is 14.2. The van der Waals surface area contributed by atoms with Crippen molar-refractivity contribution in [3.05, 3.63) is 51.6 Å². The van der Waals surface area contributed by atoms with Gasteiger partial charge < -0.3 is 9.47 Å². The molecule has 0 aliphatic carbocycles. The second-order valence-corrected chi connectivity index (χ2v) is 9.45. The number of halogens is 1. The molecule has 5 nitrogen and oxygen atoms in total. The van der Waals surface area contributed by atoms with Gasteiger partial charge in [0.05, 0.1) is 21.6 Å². The van der Waals surface area contributed by atoms with Gasteiger partial charge >= 0.3 is 0 Å². The summed E-state index contributed by atoms with van der Waals surface area (Å²) in [7, 11) is -2.11. The lowest BCUT2D eigenvalue weighted by Crippen LogP contribution is -2.41. The molecule has 25 heavy (non-hydrogen) atoms. The minimum absolute atomic E-state index is 0.222. The molecule has 2 aromatic rings. The van der Waals surface area contributed by atoms with Gasteiger partial charge in [0.1, 0.15) is 17.1 Å². The topological polar surface area (TPSA) is 64.6 Å². The SMILES string of the molecule is COc1ccc(S(=O)(=O)N[C@H]2CC(C)(C)Oc3ccccc32)cc1I. The maximum atomic E-state index is 12.9. The number of sulfonamides is 1. The van der Waals surface area contributed by atoms with Crippen molar-refractivity contribution in [2.24, 2.45) is 0 Å². The first kappa shape index (κ1) is 18.5. The van der Waals surface area contributed by atoms with E-state index in [1.54, 1.807) is 25.3 Å². The molecule has 2 aromatic carbocycles. The number of benzene rings is 2. The molecule has 0 bridgehead atoms. The Hall–Kier alpha value is -1.32. The van der Waals surface area contributed by atoms with E-state index in [-0.39, 0.29) is 10.9 Å². The minimum atomic E-state index is -3.67. The molecule has 0 radical (unpaired) electrons. The quantitative estimate of drug-likeness (QED) is 0.685. The normalized spacial score (nSPS) is 19.0. The van der Waals surface area contributed by atoms with Gasteiger partial charge in [-0.1, -0.05) is 18.2 Å². The van der Waals surface area contributed by atoms with Gasteiger partial charge in [0, 0.05) is 12.0 Å². The van der Waals surface area contributed by atoms with Gasteiger partial charge in [-0.25, -0.2) is 13.1 Å². The van der Waals surface area contributed by atoms with E-state index in [1.807, 2.05) is 38.1 Å². The Kier molecular flexibility index (Phi) is 5.00. The van der Waals surface area contributed by atoms with E-state index in [4.69, 9.17) is 9.47 Å². The lowest BCUT2D eigenvalue weighted by molar-refractivity contribution is 0.0702. The second kappa shape index (κ2) is 6.77. The maximum absolute atomic E-state index is 12.9. The molecule has 0 amide bonds. The van der Waals surface area contributed by atoms with Crippen LogP contribution in [0.2, 0.25) is 0 Å². The highest BCUT2D eigenvalue weighted by Crippen LogP contribution is 2.40. The molecule has 3 rings (SSSR count). The zero-order chi connectivity index (χ0) is 18.2. The van der Waals surface area contributed by atoms with Crippen molar-refractivity contribution in [2.45, 2.75) is 36.8 Å². The molecule has 0 aromatic heterocycles. The van der Waals surface area contributed by atoms with Crippen molar-refractivity contribution in [1.29, 1.82) is 0 Å². The van der Waals surface area contributed by atoms with Crippen molar-refractivity contribution in [3.8, 4) is 11.5 Å². The first-order valence-electron chi connectivity index (χ1n) is 7.86. The van der Waals surface area contributed by atoms with E-state index in [2.05, 4.69) is 27.3 Å². The van der Waals surface area contributed by atoms with Crippen molar-refractivity contribution in [2.75, 3.05) is 7.11 Å². The highest BCUT2D eigenvalue weighted by Gasteiger charge is 2.36. The molecule has 1 N–H and O–H groups in total. The zero-order valence-corrected chi connectivity index (χ0v) is 17.2. The highest BCUT2D eigenvalue weighted by atomic mass is 127. The lowest BCUT2D eigenvalue weighted by atomic mass is 9.90. The fraction of sp³-hybridized carbons (Fsp3) is 0.333. The van der Waals surface area contributed by atoms with E-state index < -0.39 is 15.6 Å². The monoisotopic (exact) mass is 473 g/mol. The Balaban J connectivity index is 1.94. The summed E-state index contributed by atoms with van der Waals surface area (Å²) in [4.78, 5) is 0.222. The summed E-state index contributed by atoms with van der Waals surface area (Å²) in [6.45, 7) is 3.92. The molecular weight excluding hydrogens is 453 g/mol. The van der Waals surface area contributed by atoms with E-state index in [9.17, 15) is 8.42 Å². The summed E-state index contributed by atoms with van der Waals surface area (Å²) in [6.07, 6.45) is 0.552. The van der Waals surface area contributed by atoms with Crippen LogP contribution in [0.5, 0.6) is 11.5 Å². The molecule has 0 fully saturated rings. The number of para-hydroxylation sites is 1. The molecule has 1 aliphatic heterocycles. The van der Waals surface area contributed by atoms with Crippen molar-refractivity contribution < 1.29 is 17.9 Å². The highest BCUT2D eigenvalue weighted by molar-refractivity contribution is 14.1. The molecular formula is C18H20INO4S. The van der Waals surface area contributed by atoms with Gasteiger partial charge in [-0.15, -0.1) is 0 Å². The number of fused-ring (bicyclic) bond motifs is 1. The van der Waals surface area contributed by atoms with Crippen LogP contribution >= 0.6 is 22.6 Å². The van der Waals surface area contributed by atoms with Crippen LogP contribution in [0.25, 0.3) is 0 Å². The number of rotatable bonds is 4. The summed E-state index contributed by atoms with van der Waals surface area (Å²) >= 11 is 2.07. The van der Waals surface area contributed by atoms with Crippen LogP contribution in [0, 0.1) is 3.57 Å². The van der Waals surface area contributed by atoms with Crippen molar-refractivity contribution >= 4 is 32.6 Å². The molecule has 7 heteroatoms. The Bertz CT molecular complexity index is 896. The average Bonchev–Trinajstić information content (AvgIpc) is 2.53. The van der Waals surface area contributed by atoms with Crippen LogP contribution in [-0.4, -0.2) is 21.1 Å². The number of methoxy groups -OCH3 is 1. The number of hydrogen-bond acceptors (Lipinski definition) is 4. The Morgan fingerprint density at radius 2 is 1.96 bits per heavy atom. The Labute approximate surface area is 161 Å². The molecule has 1 atom stereocenters. The molecule has 0 spiro atoms. The first-order valence-corrected chi connectivity index (χ1v) is 10.4. The fourth-order valence-electron chi connectivity index (χ4n) is 2.98. The van der Waals surface area contributed by atoms with Gasteiger partial charge in [-0.05, 0) is 60.7 Å². The average molecular weight is 473 g/mol. The van der Waals surface area contributed by atoms with Crippen LogP contribution in [0.3, 0.4) is 0 Å². The van der Waals surface area contributed by atoms with E-state index in [0.29, 0.717) is 12.2 Å². The van der Waals surface area contributed by atoms with Crippen LogP contribution < -0.4 is 14.2 Å². The van der Waals surface area contributed by atoms with Crippen LogP contribution in [0.1, 0.15) is 31.9 Å². The minimum Gasteiger partial charge on any atom is -0.496 e. The number of hydrogen-bond donors (Lipinski definition) is 1. The maximum Gasteiger partial charge on any atom is 0.241 e. The second-order valence-electron chi connectivity index (χ2n) is 6.57. The standard InChI is InChI=1S/C18H20INO4S/c1-18(2)11-15(13-6-4-5-7-16(13)24-18)20-25(21,22)12-8-9-17(23-3)14(19)10-12/h4-10,15,20H,11H2,1-3H3/t15-/m0/s1. The summed E-state index contributed by atoms with van der Waals surface area (Å²) in [5.41, 5.74) is 0.407.